The Morgan fingerprint density at radius 2 is 1.53 bits per heavy atom. The molecule has 2 heterocycles. The predicted octanol–water partition coefficient (Wildman–Crippen LogP) is 2.63. The van der Waals surface area contributed by atoms with Crippen LogP contribution < -0.4 is 9.64 Å². The summed E-state index contributed by atoms with van der Waals surface area (Å²) in [6.07, 6.45) is 5.37. The molecule has 2 saturated heterocycles. The van der Waals surface area contributed by atoms with Gasteiger partial charge >= 0.3 is 0 Å². The number of ether oxygens (including phenoxy) is 1. The van der Waals surface area contributed by atoms with E-state index in [9.17, 15) is 9.59 Å². The fourth-order valence-electron chi connectivity index (χ4n) is 6.40. The molecule has 6 heteroatoms. The van der Waals surface area contributed by atoms with Crippen LogP contribution in [0.25, 0.3) is 0 Å². The van der Waals surface area contributed by atoms with Crippen LogP contribution in [-0.2, 0) is 9.59 Å². The van der Waals surface area contributed by atoms with Crippen molar-refractivity contribution in [1.29, 1.82) is 0 Å². The van der Waals surface area contributed by atoms with E-state index in [1.807, 2.05) is 12.1 Å². The lowest BCUT2D eigenvalue weighted by Gasteiger charge is -2.36. The van der Waals surface area contributed by atoms with E-state index in [4.69, 9.17) is 4.74 Å². The number of nitrogens with zero attached hydrogens (tertiary/aromatic N) is 3. The average Bonchev–Trinajstić information content (AvgIpc) is 3.46. The van der Waals surface area contributed by atoms with Crippen molar-refractivity contribution in [3.8, 4) is 5.75 Å². The third kappa shape index (κ3) is 3.39. The summed E-state index contributed by atoms with van der Waals surface area (Å²) in [6, 6.07) is 8.21. The monoisotopic (exact) mass is 411 g/mol. The summed E-state index contributed by atoms with van der Waals surface area (Å²) in [5.74, 6) is 2.25. The molecule has 0 aromatic heterocycles. The molecule has 6 nitrogen and oxygen atoms in total. The number of benzene rings is 1. The van der Waals surface area contributed by atoms with Crippen molar-refractivity contribution in [2.24, 2.45) is 23.7 Å². The number of unbranched alkanes of at least 4 members (excludes halogenated alkanes) is 1. The minimum Gasteiger partial charge on any atom is -0.495 e. The third-order valence-electron chi connectivity index (χ3n) is 7.92. The van der Waals surface area contributed by atoms with E-state index in [0.29, 0.717) is 18.4 Å². The van der Waals surface area contributed by atoms with Crippen molar-refractivity contribution in [2.45, 2.75) is 32.1 Å². The number of carbonyl (C=O) groups excluding carboxylic acids is 2. The first kappa shape index (κ1) is 19.9. The number of imide groups is 1. The van der Waals surface area contributed by atoms with Crippen molar-refractivity contribution in [1.82, 2.24) is 9.80 Å². The second-order valence-corrected chi connectivity index (χ2v) is 9.42. The van der Waals surface area contributed by atoms with E-state index in [1.54, 1.807) is 12.0 Å². The van der Waals surface area contributed by atoms with Crippen LogP contribution in [0.4, 0.5) is 5.69 Å². The zero-order valence-corrected chi connectivity index (χ0v) is 18.0. The Morgan fingerprint density at radius 1 is 0.900 bits per heavy atom. The Morgan fingerprint density at radius 3 is 2.20 bits per heavy atom. The largest absolute Gasteiger partial charge is 0.495 e. The minimum absolute atomic E-state index is 0.0271. The van der Waals surface area contributed by atoms with Gasteiger partial charge in [-0.15, -0.1) is 0 Å². The van der Waals surface area contributed by atoms with Crippen LogP contribution in [-0.4, -0.2) is 68.0 Å². The predicted molar refractivity (Wildman–Crippen MR) is 115 cm³/mol. The van der Waals surface area contributed by atoms with Crippen LogP contribution in [0.3, 0.4) is 0 Å². The summed E-state index contributed by atoms with van der Waals surface area (Å²) in [4.78, 5) is 32.1. The molecule has 4 fully saturated rings. The smallest absolute Gasteiger partial charge is 0.233 e. The van der Waals surface area contributed by atoms with Crippen LogP contribution in [0.15, 0.2) is 24.3 Å². The van der Waals surface area contributed by atoms with Crippen molar-refractivity contribution < 1.29 is 14.3 Å². The minimum atomic E-state index is 0.0271. The second kappa shape index (κ2) is 8.22. The molecule has 2 saturated carbocycles. The molecule has 1 aromatic carbocycles. The Labute approximate surface area is 179 Å². The van der Waals surface area contributed by atoms with Gasteiger partial charge in [-0.1, -0.05) is 12.1 Å². The van der Waals surface area contributed by atoms with Gasteiger partial charge in [-0.2, -0.15) is 0 Å². The summed E-state index contributed by atoms with van der Waals surface area (Å²) in [7, 11) is 1.73. The molecule has 4 atom stereocenters. The molecule has 2 aliphatic heterocycles. The molecule has 162 valence electrons. The van der Waals surface area contributed by atoms with E-state index < -0.39 is 0 Å². The molecule has 2 aliphatic carbocycles. The van der Waals surface area contributed by atoms with Gasteiger partial charge in [0.25, 0.3) is 0 Å². The van der Waals surface area contributed by atoms with Gasteiger partial charge in [0.15, 0.2) is 0 Å². The highest BCUT2D eigenvalue weighted by molar-refractivity contribution is 6.06. The molecular formula is C24H33N3O3. The number of para-hydroxylation sites is 2. The van der Waals surface area contributed by atoms with Crippen LogP contribution in [0, 0.1) is 23.7 Å². The molecule has 5 rings (SSSR count). The fourth-order valence-corrected chi connectivity index (χ4v) is 6.40. The van der Waals surface area contributed by atoms with Crippen molar-refractivity contribution in [3.05, 3.63) is 24.3 Å². The molecular weight excluding hydrogens is 378 g/mol. The number of hydrogen-bond acceptors (Lipinski definition) is 5. The Balaban J connectivity index is 1.06. The second-order valence-electron chi connectivity index (χ2n) is 9.42. The first-order valence-electron chi connectivity index (χ1n) is 11.6. The first-order chi connectivity index (χ1) is 14.7. The summed E-state index contributed by atoms with van der Waals surface area (Å²) < 4.78 is 5.50. The van der Waals surface area contributed by atoms with E-state index in [-0.39, 0.29) is 23.7 Å². The number of carbonyl (C=O) groups is 2. The number of anilines is 1. The van der Waals surface area contributed by atoms with Crippen molar-refractivity contribution >= 4 is 17.5 Å². The number of methoxy groups -OCH3 is 1. The van der Waals surface area contributed by atoms with E-state index in [0.717, 1.165) is 70.6 Å². The maximum absolute atomic E-state index is 12.8. The molecule has 4 unspecified atom stereocenters. The maximum atomic E-state index is 12.8. The van der Waals surface area contributed by atoms with Crippen LogP contribution in [0.2, 0.25) is 0 Å². The number of hydrogen-bond donors (Lipinski definition) is 0. The Kier molecular flexibility index (Phi) is 5.44. The lowest BCUT2D eigenvalue weighted by molar-refractivity contribution is -0.140. The quantitative estimate of drug-likeness (QED) is 0.510. The summed E-state index contributed by atoms with van der Waals surface area (Å²) >= 11 is 0. The average molecular weight is 412 g/mol. The SMILES string of the molecule is COc1ccccc1N1CCN(CCCCN2C(=O)C3C4CCC(C4)C3C2=O)CC1. The van der Waals surface area contributed by atoms with Crippen LogP contribution in [0.5, 0.6) is 5.75 Å². The van der Waals surface area contributed by atoms with Gasteiger partial charge in [-0.05, 0) is 62.6 Å². The molecule has 0 spiro atoms. The van der Waals surface area contributed by atoms with E-state index >= 15 is 0 Å². The highest BCUT2D eigenvalue weighted by Crippen LogP contribution is 2.56. The van der Waals surface area contributed by atoms with Crippen molar-refractivity contribution in [2.75, 3.05) is 51.3 Å². The topological polar surface area (TPSA) is 53.1 Å². The maximum Gasteiger partial charge on any atom is 0.233 e. The Bertz CT molecular complexity index is 777. The van der Waals surface area contributed by atoms with Crippen LogP contribution >= 0.6 is 0 Å². The normalized spacial score (nSPS) is 31.0. The molecule has 2 amide bonds. The molecule has 4 aliphatic rings. The number of likely N-dealkylation sites (tertiary alicyclic amines) is 1. The molecule has 1 aromatic rings. The summed E-state index contributed by atoms with van der Waals surface area (Å²) in [6.45, 7) is 5.71. The van der Waals surface area contributed by atoms with Gasteiger partial charge in [0.2, 0.25) is 11.8 Å². The van der Waals surface area contributed by atoms with E-state index in [2.05, 4.69) is 21.9 Å². The first-order valence-corrected chi connectivity index (χ1v) is 11.6. The number of amides is 2. The summed E-state index contributed by atoms with van der Waals surface area (Å²) in [5.41, 5.74) is 1.17. The van der Waals surface area contributed by atoms with Crippen LogP contribution in [0.1, 0.15) is 32.1 Å². The lowest BCUT2D eigenvalue weighted by Crippen LogP contribution is -2.46. The number of piperazine rings is 1. The molecule has 2 bridgehead atoms. The van der Waals surface area contributed by atoms with E-state index in [1.165, 1.54) is 5.69 Å². The summed E-state index contributed by atoms with van der Waals surface area (Å²) in [5, 5.41) is 0. The standard InChI is InChI=1S/C24H33N3O3/c1-30-20-7-3-2-6-19(20)26-14-12-25(13-15-26)10-4-5-11-27-23(28)21-17-8-9-18(16-17)22(21)24(27)29/h2-3,6-7,17-18,21-22H,4-5,8-16H2,1H3. The zero-order valence-electron chi connectivity index (χ0n) is 18.0. The highest BCUT2D eigenvalue weighted by atomic mass is 16.5. The van der Waals surface area contributed by atoms with Gasteiger partial charge in [-0.25, -0.2) is 0 Å². The number of fused-ring (bicyclic) bond motifs is 5. The highest BCUT2D eigenvalue weighted by Gasteiger charge is 2.60. The molecule has 0 radical (unpaired) electrons. The fraction of sp³-hybridized carbons (Fsp3) is 0.667. The molecule has 0 N–H and O–H groups in total. The third-order valence-corrected chi connectivity index (χ3v) is 7.92. The number of rotatable bonds is 7. The van der Waals surface area contributed by atoms with Gasteiger partial charge in [0.05, 0.1) is 24.6 Å². The van der Waals surface area contributed by atoms with Gasteiger partial charge in [0.1, 0.15) is 5.75 Å². The molecule has 30 heavy (non-hydrogen) atoms. The van der Waals surface area contributed by atoms with Gasteiger partial charge < -0.3 is 9.64 Å². The van der Waals surface area contributed by atoms with Gasteiger partial charge in [0, 0.05) is 32.7 Å². The Hall–Kier alpha value is -2.08. The van der Waals surface area contributed by atoms with Gasteiger partial charge in [-0.3, -0.25) is 19.4 Å². The van der Waals surface area contributed by atoms with Crippen molar-refractivity contribution in [3.63, 3.8) is 0 Å². The zero-order chi connectivity index (χ0) is 20.7. The lowest BCUT2D eigenvalue weighted by atomic mass is 9.81.